The maximum absolute atomic E-state index is 14.8. The average molecular weight is 742 g/mol. The molecule has 2 saturated carbocycles. The van der Waals surface area contributed by atoms with E-state index < -0.39 is 53.9 Å². The predicted octanol–water partition coefficient (Wildman–Crippen LogP) is 12.0. The molecule has 0 radical (unpaired) electrons. The molecule has 2 aliphatic rings. The van der Waals surface area contributed by atoms with Crippen LogP contribution >= 0.6 is 7.82 Å². The van der Waals surface area contributed by atoms with Gasteiger partial charge < -0.3 is 15.2 Å². The Morgan fingerprint density at radius 2 is 1.35 bits per heavy atom. The second kappa shape index (κ2) is 15.2. The normalized spacial score (nSPS) is 22.0. The molecule has 2 unspecified atom stereocenters. The van der Waals surface area contributed by atoms with Crippen LogP contribution in [0, 0.1) is 17.3 Å². The highest BCUT2D eigenvalue weighted by Crippen LogP contribution is 2.59. The summed E-state index contributed by atoms with van der Waals surface area (Å²) >= 11 is 0. The number of rotatable bonds is 10. The van der Waals surface area contributed by atoms with Gasteiger partial charge in [-0.15, -0.1) is 0 Å². The zero-order chi connectivity index (χ0) is 38.2. The summed E-state index contributed by atoms with van der Waals surface area (Å²) in [6.45, 7) is 17.1. The fourth-order valence-corrected chi connectivity index (χ4v) is 10.2. The number of fused-ring (bicyclic) bond motifs is 1. The Balaban J connectivity index is 1.73. The van der Waals surface area contributed by atoms with Crippen molar-refractivity contribution >= 4 is 24.7 Å². The Bertz CT molecular complexity index is 1540. The first-order valence-electron chi connectivity index (χ1n) is 18.3. The summed E-state index contributed by atoms with van der Waals surface area (Å²) in [4.78, 5) is 12.4. The number of benzene rings is 2. The first-order valence-corrected chi connectivity index (χ1v) is 19.8. The zero-order valence-corrected chi connectivity index (χ0v) is 32.9. The first kappa shape index (κ1) is 41.4. The van der Waals surface area contributed by atoms with Crippen LogP contribution in [0.2, 0.25) is 0 Å². The number of hydrogen-bond acceptors (Lipinski definition) is 6. The summed E-state index contributed by atoms with van der Waals surface area (Å²) in [6, 6.07) is 7.25. The molecule has 51 heavy (non-hydrogen) atoms. The number of phosphoric ester groups is 1. The minimum atomic E-state index is -4.71. The quantitative estimate of drug-likeness (QED) is 0.234. The number of carboxylic acid groups (broad SMARTS) is 1. The van der Waals surface area contributed by atoms with Crippen molar-refractivity contribution in [3.63, 3.8) is 0 Å². The molecule has 0 bridgehead atoms. The van der Waals surface area contributed by atoms with E-state index >= 15 is 0 Å². The molecule has 0 spiro atoms. The third kappa shape index (κ3) is 10.9. The van der Waals surface area contributed by atoms with Crippen LogP contribution in [0.5, 0.6) is 5.75 Å². The van der Waals surface area contributed by atoms with Crippen molar-refractivity contribution in [3.05, 3.63) is 41.5 Å². The summed E-state index contributed by atoms with van der Waals surface area (Å²) in [6.07, 6.45) is 2.10. The van der Waals surface area contributed by atoms with E-state index in [0.717, 1.165) is 25.7 Å². The minimum absolute atomic E-state index is 0.0663. The fourth-order valence-electron chi connectivity index (χ4n) is 7.99. The Kier molecular flexibility index (Phi) is 12.3. The van der Waals surface area contributed by atoms with Gasteiger partial charge in [0, 0.05) is 0 Å². The summed E-state index contributed by atoms with van der Waals surface area (Å²) in [7, 11) is -4.39. The highest BCUT2D eigenvalue weighted by Gasteiger charge is 2.51. The average Bonchev–Trinajstić information content (AvgIpc) is 2.97. The van der Waals surface area contributed by atoms with Crippen LogP contribution in [0.15, 0.2) is 30.3 Å². The first-order chi connectivity index (χ1) is 23.3. The zero-order valence-electron chi connectivity index (χ0n) is 32.0. The van der Waals surface area contributed by atoms with Gasteiger partial charge in [0.1, 0.15) is 17.4 Å². The second-order valence-electron chi connectivity index (χ2n) is 17.8. The molecule has 0 aromatic heterocycles. The monoisotopic (exact) mass is 741 g/mol. The van der Waals surface area contributed by atoms with Crippen LogP contribution in [0.4, 0.5) is 18.0 Å². The van der Waals surface area contributed by atoms with Crippen molar-refractivity contribution < 1.29 is 45.9 Å². The molecule has 2 aromatic carbocycles. The number of nitrogens with one attached hydrogen (secondary N) is 1. The van der Waals surface area contributed by atoms with Gasteiger partial charge in [0.05, 0.1) is 22.8 Å². The highest BCUT2D eigenvalue weighted by atomic mass is 31.2. The van der Waals surface area contributed by atoms with Gasteiger partial charge in [0.25, 0.3) is 0 Å². The molecule has 2 atom stereocenters. The molecule has 0 heterocycles. The molecule has 8 nitrogen and oxygen atoms in total. The van der Waals surface area contributed by atoms with E-state index in [-0.39, 0.29) is 22.6 Å². The van der Waals surface area contributed by atoms with Gasteiger partial charge in [0.15, 0.2) is 0 Å². The Hall–Kier alpha value is -2.33. The maximum atomic E-state index is 14.8. The van der Waals surface area contributed by atoms with Crippen molar-refractivity contribution in [3.8, 4) is 5.75 Å². The van der Waals surface area contributed by atoms with E-state index in [0.29, 0.717) is 17.4 Å². The molecule has 12 heteroatoms. The second-order valence-corrected chi connectivity index (χ2v) is 19.2. The smallest absolute Gasteiger partial charge is 0.476 e. The topological polar surface area (TPSA) is 103 Å². The summed E-state index contributed by atoms with van der Waals surface area (Å²) < 4.78 is 83.1. The van der Waals surface area contributed by atoms with Crippen LogP contribution in [-0.2, 0) is 29.9 Å². The van der Waals surface area contributed by atoms with Gasteiger partial charge in [-0.1, -0.05) is 71.1 Å². The number of phosphoric acid groups is 1. The van der Waals surface area contributed by atoms with Crippen LogP contribution in [0.25, 0.3) is 10.8 Å². The molecule has 0 saturated heterocycles. The van der Waals surface area contributed by atoms with Gasteiger partial charge in [0.2, 0.25) is 0 Å². The van der Waals surface area contributed by atoms with Crippen LogP contribution < -0.4 is 10.1 Å². The third-order valence-electron chi connectivity index (χ3n) is 9.88. The van der Waals surface area contributed by atoms with Gasteiger partial charge in [-0.2, -0.15) is 13.2 Å². The SMILES string of the molecule is CC(C)(C)OP(=O)(OC(C(C)(C)C)C(C)(NC(=O)O)c1ccc2c(C(F)(F)F)c(OC3CCC(C4CCCCC4)CC3)ccc2c1)OC(C)(C)C. The lowest BCUT2D eigenvalue weighted by atomic mass is 9.73. The number of carbonyl (C=O) groups is 1. The van der Waals surface area contributed by atoms with Gasteiger partial charge >= 0.3 is 20.1 Å². The largest absolute Gasteiger partial charge is 0.490 e. The Morgan fingerprint density at radius 1 is 0.804 bits per heavy atom. The van der Waals surface area contributed by atoms with E-state index in [9.17, 15) is 27.6 Å². The standard InChI is InChI=1S/C39H59F3NO7P/c1-35(2,3)33(48-51(46,49-36(4,5)6)50-37(7,8)9)38(10,43-34(44)45)28-19-22-30-27(24-28)18-23-31(32(30)39(40,41)42)47-29-20-16-26(17-21-29)25-14-12-11-13-15-25/h18-19,22-26,29,33,43H,11-17,20-21H2,1-10H3,(H,44,45). The third-order valence-corrected chi connectivity index (χ3v) is 11.9. The number of alkyl halides is 3. The van der Waals surface area contributed by atoms with E-state index in [2.05, 4.69) is 5.32 Å². The van der Waals surface area contributed by atoms with Crippen LogP contribution in [-0.4, -0.2) is 34.6 Å². The van der Waals surface area contributed by atoms with E-state index in [1.807, 2.05) is 0 Å². The minimum Gasteiger partial charge on any atom is -0.490 e. The summed E-state index contributed by atoms with van der Waals surface area (Å²) in [5, 5.41) is 12.8. The molecule has 1 amide bonds. The van der Waals surface area contributed by atoms with Gasteiger partial charge in [-0.05, 0) is 120 Å². The summed E-state index contributed by atoms with van der Waals surface area (Å²) in [5.74, 6) is 1.13. The lowest BCUT2D eigenvalue weighted by Gasteiger charge is -2.46. The lowest BCUT2D eigenvalue weighted by molar-refractivity contribution is -0.138. The van der Waals surface area contributed by atoms with Crippen molar-refractivity contribution in [1.82, 2.24) is 5.32 Å². The van der Waals surface area contributed by atoms with E-state index in [1.165, 1.54) is 56.4 Å². The molecule has 288 valence electrons. The molecule has 2 fully saturated rings. The van der Waals surface area contributed by atoms with E-state index in [1.54, 1.807) is 75.3 Å². The van der Waals surface area contributed by atoms with Crippen molar-refractivity contribution in [2.24, 2.45) is 17.3 Å². The molecular formula is C39H59F3NO7P. The predicted molar refractivity (Wildman–Crippen MR) is 194 cm³/mol. The van der Waals surface area contributed by atoms with Crippen molar-refractivity contribution in [1.29, 1.82) is 0 Å². The van der Waals surface area contributed by atoms with Crippen molar-refractivity contribution in [2.75, 3.05) is 0 Å². The molecule has 2 aromatic rings. The molecule has 2 aliphatic carbocycles. The van der Waals surface area contributed by atoms with Crippen LogP contribution in [0.1, 0.15) is 138 Å². The number of hydrogen-bond donors (Lipinski definition) is 2. The number of ether oxygens (including phenoxy) is 1. The fraction of sp³-hybridized carbons (Fsp3) is 0.718. The summed E-state index contributed by atoms with van der Waals surface area (Å²) in [5.41, 5.74) is -5.02. The lowest BCUT2D eigenvalue weighted by Crippen LogP contribution is -2.57. The van der Waals surface area contributed by atoms with Crippen molar-refractivity contribution in [2.45, 2.75) is 162 Å². The Labute approximate surface area is 302 Å². The number of halogens is 3. The molecule has 0 aliphatic heterocycles. The molecule has 2 N–H and O–H groups in total. The Morgan fingerprint density at radius 3 is 1.84 bits per heavy atom. The molecule has 4 rings (SSSR count). The van der Waals surface area contributed by atoms with Gasteiger partial charge in [-0.25, -0.2) is 9.36 Å². The number of amides is 1. The molecular weight excluding hydrogens is 682 g/mol. The maximum Gasteiger partial charge on any atom is 0.476 e. The van der Waals surface area contributed by atoms with Crippen LogP contribution in [0.3, 0.4) is 0 Å². The highest BCUT2D eigenvalue weighted by molar-refractivity contribution is 7.48. The van der Waals surface area contributed by atoms with Gasteiger partial charge in [-0.3, -0.25) is 13.6 Å². The van der Waals surface area contributed by atoms with E-state index in [4.69, 9.17) is 18.3 Å².